The minimum absolute atomic E-state index is 0.374. The highest BCUT2D eigenvalue weighted by molar-refractivity contribution is 5.38. The Morgan fingerprint density at radius 2 is 2.35 bits per heavy atom. The molecule has 2 rings (SSSR count). The SMILES string of the molecule is COc1ccc(C)cc1CC1(C#N)CCOC1. The van der Waals surface area contributed by atoms with Crippen molar-refractivity contribution >= 4 is 0 Å². The van der Waals surface area contributed by atoms with E-state index in [2.05, 4.69) is 12.1 Å². The number of methoxy groups -OCH3 is 1. The molecule has 1 aliphatic rings. The Balaban J connectivity index is 2.28. The number of rotatable bonds is 3. The molecule has 1 unspecified atom stereocenters. The van der Waals surface area contributed by atoms with Crippen LogP contribution in [-0.4, -0.2) is 20.3 Å². The molecule has 3 heteroatoms. The van der Waals surface area contributed by atoms with Crippen LogP contribution in [0.4, 0.5) is 0 Å². The molecule has 0 bridgehead atoms. The largest absolute Gasteiger partial charge is 0.496 e. The Hall–Kier alpha value is -1.53. The van der Waals surface area contributed by atoms with Gasteiger partial charge >= 0.3 is 0 Å². The highest BCUT2D eigenvalue weighted by Crippen LogP contribution is 2.35. The number of nitrogens with zero attached hydrogens (tertiary/aromatic N) is 1. The third-order valence-electron chi connectivity index (χ3n) is 3.31. The van der Waals surface area contributed by atoms with Gasteiger partial charge in [0.25, 0.3) is 0 Å². The zero-order valence-electron chi connectivity index (χ0n) is 10.3. The molecule has 1 aliphatic heterocycles. The van der Waals surface area contributed by atoms with Crippen LogP contribution in [0.1, 0.15) is 17.5 Å². The van der Waals surface area contributed by atoms with Gasteiger partial charge in [-0.15, -0.1) is 0 Å². The summed E-state index contributed by atoms with van der Waals surface area (Å²) >= 11 is 0. The van der Waals surface area contributed by atoms with Crippen molar-refractivity contribution in [2.75, 3.05) is 20.3 Å². The van der Waals surface area contributed by atoms with Crippen LogP contribution in [0, 0.1) is 23.7 Å². The van der Waals surface area contributed by atoms with Gasteiger partial charge in [-0.05, 0) is 31.4 Å². The predicted octanol–water partition coefficient (Wildman–Crippen LogP) is 2.48. The van der Waals surface area contributed by atoms with Crippen LogP contribution >= 0.6 is 0 Å². The minimum Gasteiger partial charge on any atom is -0.496 e. The first kappa shape index (κ1) is 11.9. The maximum Gasteiger partial charge on any atom is 0.122 e. The summed E-state index contributed by atoms with van der Waals surface area (Å²) in [5.41, 5.74) is 1.91. The minimum atomic E-state index is -0.374. The molecule has 0 aromatic heterocycles. The molecule has 0 saturated carbocycles. The van der Waals surface area contributed by atoms with Crippen LogP contribution in [-0.2, 0) is 11.2 Å². The summed E-state index contributed by atoms with van der Waals surface area (Å²) in [5, 5.41) is 9.34. The second-order valence-corrected chi connectivity index (χ2v) is 4.69. The van der Waals surface area contributed by atoms with Crippen LogP contribution in [0.3, 0.4) is 0 Å². The average Bonchev–Trinajstić information content (AvgIpc) is 2.79. The highest BCUT2D eigenvalue weighted by Gasteiger charge is 2.36. The molecule has 3 nitrogen and oxygen atoms in total. The molecule has 90 valence electrons. The van der Waals surface area contributed by atoms with Crippen molar-refractivity contribution in [3.05, 3.63) is 29.3 Å². The molecule has 1 heterocycles. The summed E-state index contributed by atoms with van der Waals surface area (Å²) in [6.45, 7) is 3.26. The van der Waals surface area contributed by atoms with Crippen LogP contribution in [0.15, 0.2) is 18.2 Å². The van der Waals surface area contributed by atoms with Crippen LogP contribution in [0.2, 0.25) is 0 Å². The van der Waals surface area contributed by atoms with Gasteiger partial charge in [0.1, 0.15) is 5.75 Å². The molecule has 1 aromatic carbocycles. The molecular weight excluding hydrogens is 214 g/mol. The third kappa shape index (κ3) is 2.42. The van der Waals surface area contributed by atoms with E-state index in [9.17, 15) is 5.26 Å². The Morgan fingerprint density at radius 3 is 2.94 bits per heavy atom. The molecule has 0 amide bonds. The molecule has 1 atom stereocenters. The summed E-state index contributed by atoms with van der Waals surface area (Å²) in [5.74, 6) is 0.858. The van der Waals surface area contributed by atoms with Crippen LogP contribution < -0.4 is 4.74 Å². The first-order valence-electron chi connectivity index (χ1n) is 5.82. The second-order valence-electron chi connectivity index (χ2n) is 4.69. The Bertz CT molecular complexity index is 442. The molecule has 0 radical (unpaired) electrons. The summed E-state index contributed by atoms with van der Waals surface area (Å²) in [6.07, 6.45) is 1.51. The van der Waals surface area contributed by atoms with Crippen molar-refractivity contribution in [3.63, 3.8) is 0 Å². The van der Waals surface area contributed by atoms with Crippen LogP contribution in [0.5, 0.6) is 5.75 Å². The van der Waals surface area contributed by atoms with E-state index in [0.29, 0.717) is 19.6 Å². The van der Waals surface area contributed by atoms with Gasteiger partial charge in [0, 0.05) is 6.61 Å². The summed E-state index contributed by atoms with van der Waals surface area (Å²) < 4.78 is 10.7. The van der Waals surface area contributed by atoms with Crippen molar-refractivity contribution in [2.24, 2.45) is 5.41 Å². The van der Waals surface area contributed by atoms with Gasteiger partial charge in [-0.1, -0.05) is 17.7 Å². The molecule has 1 saturated heterocycles. The quantitative estimate of drug-likeness (QED) is 0.802. The third-order valence-corrected chi connectivity index (χ3v) is 3.31. The molecule has 0 aliphatic carbocycles. The Morgan fingerprint density at radius 1 is 1.53 bits per heavy atom. The van der Waals surface area contributed by atoms with E-state index < -0.39 is 0 Å². The Labute approximate surface area is 102 Å². The summed E-state index contributed by atoms with van der Waals surface area (Å²) in [4.78, 5) is 0. The standard InChI is InChI=1S/C14H17NO2/c1-11-3-4-13(16-2)12(7-11)8-14(9-15)5-6-17-10-14/h3-4,7H,5-6,8,10H2,1-2H3. The first-order chi connectivity index (χ1) is 8.19. The first-order valence-corrected chi connectivity index (χ1v) is 5.82. The molecular formula is C14H17NO2. The molecule has 1 fully saturated rings. The zero-order chi connectivity index (χ0) is 12.3. The molecule has 0 N–H and O–H groups in total. The molecule has 0 spiro atoms. The van der Waals surface area contributed by atoms with Gasteiger partial charge in [-0.2, -0.15) is 5.26 Å². The predicted molar refractivity (Wildman–Crippen MR) is 64.9 cm³/mol. The normalized spacial score (nSPS) is 23.4. The maximum atomic E-state index is 9.34. The lowest BCUT2D eigenvalue weighted by Crippen LogP contribution is -2.22. The fraction of sp³-hybridized carbons (Fsp3) is 0.500. The van der Waals surface area contributed by atoms with E-state index in [-0.39, 0.29) is 5.41 Å². The summed E-state index contributed by atoms with van der Waals surface area (Å²) in [6, 6.07) is 8.49. The monoisotopic (exact) mass is 231 g/mol. The van der Waals surface area contributed by atoms with Crippen molar-refractivity contribution in [2.45, 2.75) is 19.8 Å². The average molecular weight is 231 g/mol. The lowest BCUT2D eigenvalue weighted by atomic mass is 9.82. The van der Waals surface area contributed by atoms with Gasteiger partial charge in [-0.3, -0.25) is 0 Å². The fourth-order valence-corrected chi connectivity index (χ4v) is 2.28. The lowest BCUT2D eigenvalue weighted by molar-refractivity contribution is 0.171. The van der Waals surface area contributed by atoms with Crippen molar-refractivity contribution in [1.82, 2.24) is 0 Å². The van der Waals surface area contributed by atoms with E-state index in [1.165, 1.54) is 5.56 Å². The number of ether oxygens (including phenoxy) is 2. The summed E-state index contributed by atoms with van der Waals surface area (Å²) in [7, 11) is 1.67. The molecule has 17 heavy (non-hydrogen) atoms. The topological polar surface area (TPSA) is 42.2 Å². The number of hydrogen-bond acceptors (Lipinski definition) is 3. The van der Waals surface area contributed by atoms with Crippen LogP contribution in [0.25, 0.3) is 0 Å². The number of benzene rings is 1. The van der Waals surface area contributed by atoms with Gasteiger partial charge in [0.2, 0.25) is 0 Å². The fourth-order valence-electron chi connectivity index (χ4n) is 2.28. The maximum absolute atomic E-state index is 9.34. The van der Waals surface area contributed by atoms with E-state index in [1.54, 1.807) is 7.11 Å². The molecule has 1 aromatic rings. The van der Waals surface area contributed by atoms with Gasteiger partial charge in [0.05, 0.1) is 25.2 Å². The number of aryl methyl sites for hydroxylation is 1. The van der Waals surface area contributed by atoms with Gasteiger partial charge in [-0.25, -0.2) is 0 Å². The Kier molecular flexibility index (Phi) is 3.35. The smallest absolute Gasteiger partial charge is 0.122 e. The van der Waals surface area contributed by atoms with E-state index >= 15 is 0 Å². The van der Waals surface area contributed by atoms with Gasteiger partial charge < -0.3 is 9.47 Å². The lowest BCUT2D eigenvalue weighted by Gasteiger charge is -2.20. The van der Waals surface area contributed by atoms with Crippen molar-refractivity contribution in [1.29, 1.82) is 5.26 Å². The second kappa shape index (κ2) is 4.77. The zero-order valence-corrected chi connectivity index (χ0v) is 10.3. The van der Waals surface area contributed by atoms with Crippen molar-refractivity contribution in [3.8, 4) is 11.8 Å². The van der Waals surface area contributed by atoms with Crippen molar-refractivity contribution < 1.29 is 9.47 Å². The number of nitriles is 1. The van der Waals surface area contributed by atoms with E-state index in [1.807, 2.05) is 19.1 Å². The van der Waals surface area contributed by atoms with Gasteiger partial charge in [0.15, 0.2) is 0 Å². The van der Waals surface area contributed by atoms with E-state index in [4.69, 9.17) is 9.47 Å². The van der Waals surface area contributed by atoms with E-state index in [0.717, 1.165) is 17.7 Å². The highest BCUT2D eigenvalue weighted by atomic mass is 16.5. The number of hydrogen-bond donors (Lipinski definition) is 0.